The third kappa shape index (κ3) is 6.87. The van der Waals surface area contributed by atoms with E-state index in [1.807, 2.05) is 26.0 Å². The van der Waals surface area contributed by atoms with Crippen LogP contribution < -0.4 is 16.0 Å². The van der Waals surface area contributed by atoms with E-state index in [0.29, 0.717) is 37.2 Å². The van der Waals surface area contributed by atoms with Crippen LogP contribution in [0.2, 0.25) is 0 Å². The molecule has 3 aliphatic rings. The first-order chi connectivity index (χ1) is 20.1. The third-order valence-corrected chi connectivity index (χ3v) is 10.8. The van der Waals surface area contributed by atoms with Gasteiger partial charge in [0.05, 0.1) is 18.2 Å². The summed E-state index contributed by atoms with van der Waals surface area (Å²) in [4.78, 5) is 44.1. The number of nitrogens with zero attached hydrogens (tertiary/aromatic N) is 3. The Morgan fingerprint density at radius 2 is 1.93 bits per heavy atom. The Morgan fingerprint density at radius 1 is 1.21 bits per heavy atom. The number of benzene rings is 1. The monoisotopic (exact) mass is 598 g/mol. The fourth-order valence-electron chi connectivity index (χ4n) is 6.24. The molecule has 230 valence electrons. The maximum atomic E-state index is 13.7. The van der Waals surface area contributed by atoms with Crippen LogP contribution in [-0.2, 0) is 9.59 Å². The summed E-state index contributed by atoms with van der Waals surface area (Å²) < 4.78 is -0.936. The normalized spacial score (nSPS) is 25.2. The number of aliphatic hydroxyl groups is 1. The number of hydrogen-bond acceptors (Lipinski definition) is 8. The summed E-state index contributed by atoms with van der Waals surface area (Å²) in [6.07, 6.45) is 6.58. The number of rotatable bonds is 13. The summed E-state index contributed by atoms with van der Waals surface area (Å²) in [5, 5.41) is 28.9. The number of carbonyl (C=O) groups is 3. The molecule has 2 heterocycles. The van der Waals surface area contributed by atoms with Crippen molar-refractivity contribution in [2.24, 2.45) is 5.41 Å². The Morgan fingerprint density at radius 3 is 2.57 bits per heavy atom. The van der Waals surface area contributed by atoms with Crippen molar-refractivity contribution in [2.45, 2.75) is 81.4 Å². The lowest BCUT2D eigenvalue weighted by atomic mass is 9.87. The summed E-state index contributed by atoms with van der Waals surface area (Å²) in [6.45, 7) is 9.61. The number of thioether (sulfide) groups is 1. The van der Waals surface area contributed by atoms with Gasteiger partial charge < -0.3 is 30.9 Å². The number of nitrogens with one attached hydrogen (secondary N) is 3. The van der Waals surface area contributed by atoms with Crippen LogP contribution in [0.3, 0.4) is 0 Å². The van der Waals surface area contributed by atoms with Gasteiger partial charge in [0, 0.05) is 30.9 Å². The fraction of sp³-hybridized carbons (Fsp3) is 0.677. The average molecular weight is 599 g/mol. The minimum absolute atomic E-state index is 0.131. The molecule has 4 rings (SSSR count). The molecule has 2 saturated heterocycles. The molecule has 2 aliphatic heterocycles. The van der Waals surface area contributed by atoms with Gasteiger partial charge in [-0.25, -0.2) is 0 Å². The van der Waals surface area contributed by atoms with Gasteiger partial charge in [0.2, 0.25) is 11.8 Å². The molecule has 1 aromatic rings. The number of nitriles is 1. The zero-order valence-corrected chi connectivity index (χ0v) is 26.0. The van der Waals surface area contributed by atoms with Crippen LogP contribution in [0.4, 0.5) is 5.69 Å². The predicted octanol–water partition coefficient (Wildman–Crippen LogP) is 2.95. The van der Waals surface area contributed by atoms with Crippen molar-refractivity contribution in [3.05, 3.63) is 29.8 Å². The number of aliphatic hydroxyl groups excluding tert-OH is 1. The van der Waals surface area contributed by atoms with Gasteiger partial charge in [0.1, 0.15) is 10.1 Å². The van der Waals surface area contributed by atoms with Crippen LogP contribution in [0.1, 0.15) is 76.1 Å². The zero-order valence-electron chi connectivity index (χ0n) is 25.2. The molecule has 1 saturated carbocycles. The molecule has 1 aliphatic carbocycles. The maximum absolute atomic E-state index is 13.7. The van der Waals surface area contributed by atoms with Crippen molar-refractivity contribution in [3.63, 3.8) is 0 Å². The van der Waals surface area contributed by atoms with Crippen molar-refractivity contribution in [3.8, 4) is 6.07 Å². The number of likely N-dealkylation sites (tertiary alicyclic amines) is 1. The number of carbonyl (C=O) groups excluding carboxylic acids is 3. The maximum Gasteiger partial charge on any atom is 0.251 e. The Bertz CT molecular complexity index is 1180. The summed E-state index contributed by atoms with van der Waals surface area (Å²) >= 11 is 1.32. The second kappa shape index (κ2) is 13.7. The molecular weight excluding hydrogens is 552 g/mol. The van der Waals surface area contributed by atoms with E-state index in [4.69, 9.17) is 0 Å². The number of amides is 3. The summed E-state index contributed by atoms with van der Waals surface area (Å²) in [6, 6.07) is 9.43. The number of anilines is 1. The standard InChI is InChI=1S/C31H46N6O4S/c1-4-37-27(41)30(3,42-28(37)29(2,20-32)26(40)35-31(22-38)13-5-6-14-31)21-34-24-12-9-11-23(19-24)25(39)33-15-10-18-36-16-7-8-17-36/h9,11-12,19,28,34,38H,4-8,10,13-18,21-22H2,1-3H3,(H,33,39)(H,35,40)/t28?,29-,30?/m0/s1. The van der Waals surface area contributed by atoms with E-state index in [-0.39, 0.29) is 25.0 Å². The minimum Gasteiger partial charge on any atom is -0.394 e. The van der Waals surface area contributed by atoms with Gasteiger partial charge in [-0.05, 0) is 90.7 Å². The second-order valence-electron chi connectivity index (χ2n) is 12.3. The molecule has 3 fully saturated rings. The van der Waals surface area contributed by atoms with Crippen molar-refractivity contribution in [1.29, 1.82) is 5.26 Å². The molecule has 10 nitrogen and oxygen atoms in total. The Labute approximate surface area is 254 Å². The first kappa shape index (κ1) is 32.1. The molecule has 4 N–H and O–H groups in total. The lowest BCUT2D eigenvalue weighted by molar-refractivity contribution is -0.137. The van der Waals surface area contributed by atoms with E-state index in [1.165, 1.54) is 24.6 Å². The molecule has 0 bridgehead atoms. The van der Waals surface area contributed by atoms with Gasteiger partial charge in [-0.1, -0.05) is 18.9 Å². The topological polar surface area (TPSA) is 138 Å². The van der Waals surface area contributed by atoms with Crippen LogP contribution in [0.5, 0.6) is 0 Å². The van der Waals surface area contributed by atoms with Crippen LogP contribution in [0.15, 0.2) is 24.3 Å². The third-order valence-electron chi connectivity index (χ3n) is 9.04. The Kier molecular flexibility index (Phi) is 10.4. The minimum atomic E-state index is -1.51. The first-order valence-corrected chi connectivity index (χ1v) is 16.2. The molecule has 1 aromatic carbocycles. The summed E-state index contributed by atoms with van der Waals surface area (Å²) in [5.74, 6) is -0.735. The van der Waals surface area contributed by atoms with Crippen molar-refractivity contribution < 1.29 is 19.5 Å². The van der Waals surface area contributed by atoms with E-state index >= 15 is 0 Å². The van der Waals surface area contributed by atoms with E-state index < -0.39 is 27.0 Å². The Hall–Kier alpha value is -2.81. The zero-order chi connectivity index (χ0) is 30.4. The quantitative estimate of drug-likeness (QED) is 0.255. The highest BCUT2D eigenvalue weighted by molar-refractivity contribution is 8.02. The van der Waals surface area contributed by atoms with Crippen LogP contribution in [0.25, 0.3) is 0 Å². The van der Waals surface area contributed by atoms with E-state index in [1.54, 1.807) is 24.0 Å². The van der Waals surface area contributed by atoms with Crippen molar-refractivity contribution in [1.82, 2.24) is 20.4 Å². The molecule has 3 atom stereocenters. The highest BCUT2D eigenvalue weighted by atomic mass is 32.2. The molecule has 0 aromatic heterocycles. The van der Waals surface area contributed by atoms with Gasteiger partial charge >= 0.3 is 0 Å². The lowest BCUT2D eigenvalue weighted by Gasteiger charge is -2.36. The van der Waals surface area contributed by atoms with Gasteiger partial charge in [0.25, 0.3) is 5.91 Å². The summed E-state index contributed by atoms with van der Waals surface area (Å²) in [7, 11) is 0. The molecule has 0 radical (unpaired) electrons. The molecule has 3 amide bonds. The molecule has 11 heteroatoms. The fourth-order valence-corrected chi connectivity index (χ4v) is 7.88. The highest BCUT2D eigenvalue weighted by Gasteiger charge is 2.58. The van der Waals surface area contributed by atoms with E-state index in [2.05, 4.69) is 26.9 Å². The SMILES string of the molecule is CCN1C(=O)C(C)(CNc2cccc(C(=O)NCCCN3CCCC3)c2)SC1[C@@](C)(C#N)C(=O)NC1(CO)CCCC1. The van der Waals surface area contributed by atoms with Gasteiger partial charge in [0.15, 0.2) is 5.41 Å². The van der Waals surface area contributed by atoms with E-state index in [9.17, 15) is 24.8 Å². The molecule has 42 heavy (non-hydrogen) atoms. The smallest absolute Gasteiger partial charge is 0.251 e. The second-order valence-corrected chi connectivity index (χ2v) is 13.9. The van der Waals surface area contributed by atoms with Crippen LogP contribution in [0, 0.1) is 16.7 Å². The number of hydrogen-bond donors (Lipinski definition) is 4. The van der Waals surface area contributed by atoms with E-state index in [0.717, 1.165) is 38.9 Å². The highest BCUT2D eigenvalue weighted by Crippen LogP contribution is 2.48. The largest absolute Gasteiger partial charge is 0.394 e. The average Bonchev–Trinajstić information content (AvgIpc) is 3.75. The molecule has 0 spiro atoms. The van der Waals surface area contributed by atoms with Crippen LogP contribution in [-0.4, -0.2) is 94.2 Å². The predicted molar refractivity (Wildman–Crippen MR) is 165 cm³/mol. The molecular formula is C31H46N6O4S. The van der Waals surface area contributed by atoms with Crippen molar-refractivity contribution in [2.75, 3.05) is 51.2 Å². The Balaban J connectivity index is 1.39. The van der Waals surface area contributed by atoms with Gasteiger partial charge in [-0.2, -0.15) is 5.26 Å². The summed E-state index contributed by atoms with van der Waals surface area (Å²) in [5.41, 5.74) is -0.961. The first-order valence-electron chi connectivity index (χ1n) is 15.3. The van der Waals surface area contributed by atoms with Gasteiger partial charge in [-0.15, -0.1) is 11.8 Å². The van der Waals surface area contributed by atoms with Gasteiger partial charge in [-0.3, -0.25) is 14.4 Å². The van der Waals surface area contributed by atoms with Crippen LogP contribution >= 0.6 is 11.8 Å². The molecule has 2 unspecified atom stereocenters. The lowest BCUT2D eigenvalue weighted by Crippen LogP contribution is -2.57. The van der Waals surface area contributed by atoms with Crippen molar-refractivity contribution >= 4 is 35.2 Å².